The van der Waals surface area contributed by atoms with Crippen molar-refractivity contribution < 1.29 is 14.3 Å². The van der Waals surface area contributed by atoms with E-state index in [1.807, 2.05) is 19.1 Å². The number of para-hydroxylation sites is 3. The average Bonchev–Trinajstić information content (AvgIpc) is 2.75. The van der Waals surface area contributed by atoms with Gasteiger partial charge in [0.1, 0.15) is 11.8 Å². The predicted octanol–water partition coefficient (Wildman–Crippen LogP) is 3.86. The molecular weight excluding hydrogens is 368 g/mol. The molecule has 0 unspecified atom stereocenters. The molecule has 0 radical (unpaired) electrons. The number of hydrogen-bond acceptors (Lipinski definition) is 5. The molecule has 0 fully saturated rings. The zero-order valence-electron chi connectivity index (χ0n) is 15.7. The first-order valence-electron chi connectivity index (χ1n) is 8.91. The van der Waals surface area contributed by atoms with Gasteiger partial charge in [0, 0.05) is 12.4 Å². The number of carbonyl (C=O) groups is 2. The van der Waals surface area contributed by atoms with E-state index in [9.17, 15) is 9.59 Å². The van der Waals surface area contributed by atoms with Crippen LogP contribution < -0.4 is 15.4 Å². The summed E-state index contributed by atoms with van der Waals surface area (Å²) in [6, 6.07) is 17.2. The lowest BCUT2D eigenvalue weighted by atomic mass is 10.1. The van der Waals surface area contributed by atoms with E-state index in [-0.39, 0.29) is 11.1 Å². The highest BCUT2D eigenvalue weighted by molar-refractivity contribution is 6.09. The summed E-state index contributed by atoms with van der Waals surface area (Å²) >= 11 is 0. The number of nitrogens with zero attached hydrogens (tertiary/aromatic N) is 2. The van der Waals surface area contributed by atoms with Crippen LogP contribution in [0.5, 0.6) is 5.75 Å². The quantitative estimate of drug-likeness (QED) is 0.669. The first kappa shape index (κ1) is 19.6. The first-order valence-corrected chi connectivity index (χ1v) is 8.91. The Balaban J connectivity index is 1.78. The van der Waals surface area contributed by atoms with Crippen molar-refractivity contribution >= 4 is 23.2 Å². The van der Waals surface area contributed by atoms with Gasteiger partial charge in [-0.15, -0.1) is 0 Å². The number of nitrogens with one attached hydrogen (secondary N) is 2. The molecule has 0 saturated heterocycles. The van der Waals surface area contributed by atoms with Gasteiger partial charge in [0.15, 0.2) is 0 Å². The molecule has 1 aromatic heterocycles. The van der Waals surface area contributed by atoms with E-state index in [0.29, 0.717) is 29.3 Å². The second kappa shape index (κ2) is 9.15. The Morgan fingerprint density at radius 1 is 0.966 bits per heavy atom. The van der Waals surface area contributed by atoms with Crippen LogP contribution in [0, 0.1) is 11.3 Å². The minimum absolute atomic E-state index is 0.198. The second-order valence-electron chi connectivity index (χ2n) is 5.96. The minimum Gasteiger partial charge on any atom is -0.492 e. The molecule has 0 aliphatic carbocycles. The third-order valence-electron chi connectivity index (χ3n) is 3.99. The van der Waals surface area contributed by atoms with E-state index in [2.05, 4.69) is 15.6 Å². The Kier molecular flexibility index (Phi) is 6.18. The number of aromatic nitrogens is 1. The summed E-state index contributed by atoms with van der Waals surface area (Å²) in [6.45, 7) is 2.32. The van der Waals surface area contributed by atoms with E-state index in [1.165, 1.54) is 18.5 Å². The number of benzene rings is 2. The Morgan fingerprint density at radius 3 is 2.21 bits per heavy atom. The van der Waals surface area contributed by atoms with E-state index in [4.69, 9.17) is 10.00 Å². The van der Waals surface area contributed by atoms with E-state index in [1.54, 1.807) is 42.5 Å². The molecule has 2 amide bonds. The second-order valence-corrected chi connectivity index (χ2v) is 5.96. The fourth-order valence-corrected chi connectivity index (χ4v) is 2.62. The number of nitriles is 1. The van der Waals surface area contributed by atoms with Crippen molar-refractivity contribution in [2.45, 2.75) is 6.92 Å². The maximum absolute atomic E-state index is 12.6. The predicted molar refractivity (Wildman–Crippen MR) is 109 cm³/mol. The minimum atomic E-state index is -0.468. The lowest BCUT2D eigenvalue weighted by molar-refractivity contribution is 0.102. The van der Waals surface area contributed by atoms with Crippen LogP contribution in [0.25, 0.3) is 0 Å². The number of rotatable bonds is 6. The third kappa shape index (κ3) is 4.76. The number of hydrogen-bond donors (Lipinski definition) is 2. The van der Waals surface area contributed by atoms with Gasteiger partial charge in [-0.2, -0.15) is 5.26 Å². The van der Waals surface area contributed by atoms with Gasteiger partial charge < -0.3 is 15.4 Å². The molecule has 2 N–H and O–H groups in total. The monoisotopic (exact) mass is 386 g/mol. The van der Waals surface area contributed by atoms with Crippen LogP contribution in [0.1, 0.15) is 33.2 Å². The molecule has 0 atom stereocenters. The van der Waals surface area contributed by atoms with Gasteiger partial charge in [0.05, 0.1) is 34.7 Å². The number of ether oxygens (including phenoxy) is 1. The SMILES string of the molecule is CCOc1ccccc1NC(=O)c1cncc(C(=O)Nc2ccccc2C#N)c1. The number of amides is 2. The number of carbonyl (C=O) groups excluding carboxylic acids is 2. The zero-order chi connectivity index (χ0) is 20.6. The Labute approximate surface area is 168 Å². The summed E-state index contributed by atoms with van der Waals surface area (Å²) in [4.78, 5) is 29.2. The topological polar surface area (TPSA) is 104 Å². The zero-order valence-corrected chi connectivity index (χ0v) is 15.7. The largest absolute Gasteiger partial charge is 0.492 e. The van der Waals surface area contributed by atoms with Crippen molar-refractivity contribution in [1.82, 2.24) is 4.98 Å². The van der Waals surface area contributed by atoms with Gasteiger partial charge >= 0.3 is 0 Å². The lowest BCUT2D eigenvalue weighted by Crippen LogP contribution is -2.17. The molecule has 2 aromatic carbocycles. The van der Waals surface area contributed by atoms with Crippen LogP contribution >= 0.6 is 0 Å². The van der Waals surface area contributed by atoms with Crippen LogP contribution in [0.3, 0.4) is 0 Å². The fourth-order valence-electron chi connectivity index (χ4n) is 2.62. The molecule has 3 rings (SSSR count). The normalized spacial score (nSPS) is 9.93. The fraction of sp³-hybridized carbons (Fsp3) is 0.0909. The third-order valence-corrected chi connectivity index (χ3v) is 3.99. The molecule has 7 heteroatoms. The lowest BCUT2D eigenvalue weighted by Gasteiger charge is -2.11. The molecule has 3 aromatic rings. The average molecular weight is 386 g/mol. The highest BCUT2D eigenvalue weighted by Gasteiger charge is 2.14. The van der Waals surface area contributed by atoms with Crippen LogP contribution in [0.2, 0.25) is 0 Å². The summed E-state index contributed by atoms with van der Waals surface area (Å²) in [7, 11) is 0. The van der Waals surface area contributed by atoms with Gasteiger partial charge in [0.25, 0.3) is 11.8 Å². The van der Waals surface area contributed by atoms with Gasteiger partial charge in [-0.25, -0.2) is 0 Å². The summed E-state index contributed by atoms with van der Waals surface area (Å²) < 4.78 is 5.50. The number of pyridine rings is 1. The molecule has 0 bridgehead atoms. The van der Waals surface area contributed by atoms with Crippen molar-refractivity contribution in [2.24, 2.45) is 0 Å². The molecule has 0 aliphatic heterocycles. The highest BCUT2D eigenvalue weighted by atomic mass is 16.5. The molecule has 0 aliphatic rings. The smallest absolute Gasteiger partial charge is 0.257 e. The van der Waals surface area contributed by atoms with Crippen LogP contribution in [-0.4, -0.2) is 23.4 Å². The van der Waals surface area contributed by atoms with Crippen molar-refractivity contribution in [3.8, 4) is 11.8 Å². The molecular formula is C22H18N4O3. The maximum Gasteiger partial charge on any atom is 0.257 e. The van der Waals surface area contributed by atoms with Crippen LogP contribution in [0.15, 0.2) is 67.0 Å². The molecule has 144 valence electrons. The molecule has 0 saturated carbocycles. The van der Waals surface area contributed by atoms with Gasteiger partial charge in [-0.05, 0) is 37.3 Å². The Hall–Kier alpha value is -4.18. The first-order chi connectivity index (χ1) is 14.1. The van der Waals surface area contributed by atoms with E-state index in [0.717, 1.165) is 0 Å². The highest BCUT2D eigenvalue weighted by Crippen LogP contribution is 2.24. The summed E-state index contributed by atoms with van der Waals surface area (Å²) in [6.07, 6.45) is 2.73. The van der Waals surface area contributed by atoms with Crippen LogP contribution in [-0.2, 0) is 0 Å². The van der Waals surface area contributed by atoms with Gasteiger partial charge in [-0.1, -0.05) is 24.3 Å². The van der Waals surface area contributed by atoms with E-state index >= 15 is 0 Å². The van der Waals surface area contributed by atoms with Gasteiger partial charge in [0.2, 0.25) is 0 Å². The van der Waals surface area contributed by atoms with E-state index < -0.39 is 11.8 Å². The van der Waals surface area contributed by atoms with Crippen molar-refractivity contribution in [3.05, 3.63) is 83.7 Å². The summed E-state index contributed by atoms with van der Waals surface area (Å²) in [5, 5.41) is 14.6. The summed E-state index contributed by atoms with van der Waals surface area (Å²) in [5.74, 6) is -0.334. The Morgan fingerprint density at radius 2 is 1.55 bits per heavy atom. The molecule has 29 heavy (non-hydrogen) atoms. The van der Waals surface area contributed by atoms with Crippen molar-refractivity contribution in [2.75, 3.05) is 17.2 Å². The molecule has 1 heterocycles. The maximum atomic E-state index is 12.6. The van der Waals surface area contributed by atoms with Crippen molar-refractivity contribution in [1.29, 1.82) is 5.26 Å². The molecule has 0 spiro atoms. The molecule has 7 nitrogen and oxygen atoms in total. The van der Waals surface area contributed by atoms with Crippen molar-refractivity contribution in [3.63, 3.8) is 0 Å². The van der Waals surface area contributed by atoms with Gasteiger partial charge in [-0.3, -0.25) is 14.6 Å². The van der Waals surface area contributed by atoms with Crippen LogP contribution in [0.4, 0.5) is 11.4 Å². The standard InChI is InChI=1S/C22H18N4O3/c1-2-29-20-10-6-5-9-19(20)26-22(28)17-11-16(13-24-14-17)21(27)25-18-8-4-3-7-15(18)12-23/h3-11,13-14H,2H2,1H3,(H,25,27)(H,26,28). The number of anilines is 2. The summed E-state index contributed by atoms with van der Waals surface area (Å²) in [5.41, 5.74) is 1.67. The Bertz CT molecular complexity index is 1090.